The zero-order valence-corrected chi connectivity index (χ0v) is 17.3. The van der Waals surface area contributed by atoms with Gasteiger partial charge in [0.2, 0.25) is 0 Å². The van der Waals surface area contributed by atoms with E-state index in [9.17, 15) is 0 Å². The first-order valence-electron chi connectivity index (χ1n) is 10.8. The highest BCUT2D eigenvalue weighted by Crippen LogP contribution is 2.38. The third-order valence-electron chi connectivity index (χ3n) is 6.43. The van der Waals surface area contributed by atoms with Crippen LogP contribution in [0.4, 0.5) is 0 Å². The highest BCUT2D eigenvalue weighted by molar-refractivity contribution is 6.21. The van der Waals surface area contributed by atoms with E-state index in [4.69, 9.17) is 0 Å². The number of hydrogen-bond donors (Lipinski definition) is 0. The quantitative estimate of drug-likeness (QED) is 0.294. The van der Waals surface area contributed by atoms with Gasteiger partial charge in [-0.2, -0.15) is 0 Å². The van der Waals surface area contributed by atoms with Crippen LogP contribution in [0.15, 0.2) is 116 Å². The fourth-order valence-corrected chi connectivity index (χ4v) is 5.04. The zero-order valence-electron chi connectivity index (χ0n) is 17.3. The average molecular weight is 409 g/mol. The Morgan fingerprint density at radius 3 is 2.16 bits per heavy atom. The predicted molar refractivity (Wildman–Crippen MR) is 133 cm³/mol. The molecule has 0 atom stereocenters. The van der Waals surface area contributed by atoms with E-state index in [1.165, 1.54) is 43.8 Å². The fraction of sp³-hybridized carbons (Fsp3) is 0. The highest BCUT2D eigenvalue weighted by Gasteiger charge is 2.17. The first-order chi connectivity index (χ1) is 15.9. The van der Waals surface area contributed by atoms with Crippen molar-refractivity contribution in [2.24, 2.45) is 0 Å². The molecule has 0 N–H and O–H groups in total. The molecule has 3 nitrogen and oxygen atoms in total. The summed E-state index contributed by atoms with van der Waals surface area (Å²) in [5, 5.41) is 6.14. The molecule has 0 aliphatic carbocycles. The third-order valence-corrected chi connectivity index (χ3v) is 6.43. The molecule has 150 valence electrons. The minimum atomic E-state index is 1.11. The van der Waals surface area contributed by atoms with Gasteiger partial charge in [0.05, 0.1) is 28.4 Å². The molecule has 7 rings (SSSR count). The van der Waals surface area contributed by atoms with Crippen LogP contribution >= 0.6 is 0 Å². The van der Waals surface area contributed by atoms with E-state index in [-0.39, 0.29) is 0 Å². The van der Waals surface area contributed by atoms with Crippen molar-refractivity contribution in [2.45, 2.75) is 0 Å². The van der Waals surface area contributed by atoms with Gasteiger partial charge < -0.3 is 9.13 Å². The summed E-state index contributed by atoms with van der Waals surface area (Å²) < 4.78 is 4.62. The molecular weight excluding hydrogens is 390 g/mol. The van der Waals surface area contributed by atoms with Gasteiger partial charge in [0, 0.05) is 45.0 Å². The maximum absolute atomic E-state index is 4.56. The van der Waals surface area contributed by atoms with Crippen LogP contribution in [0, 0.1) is 0 Å². The molecule has 4 aromatic carbocycles. The summed E-state index contributed by atoms with van der Waals surface area (Å²) in [6, 6.07) is 34.4. The second kappa shape index (κ2) is 6.56. The Hall–Kier alpha value is -4.37. The molecule has 32 heavy (non-hydrogen) atoms. The third kappa shape index (κ3) is 2.33. The van der Waals surface area contributed by atoms with E-state index < -0.39 is 0 Å². The molecule has 3 heterocycles. The van der Waals surface area contributed by atoms with Crippen molar-refractivity contribution < 1.29 is 0 Å². The Morgan fingerprint density at radius 1 is 0.531 bits per heavy atom. The minimum Gasteiger partial charge on any atom is -0.317 e. The number of benzene rings is 4. The molecule has 0 saturated heterocycles. The first kappa shape index (κ1) is 17.3. The Bertz CT molecular complexity index is 1770. The summed E-state index contributed by atoms with van der Waals surface area (Å²) in [5.74, 6) is 0. The van der Waals surface area contributed by atoms with Gasteiger partial charge in [0.1, 0.15) is 0 Å². The Kier molecular flexibility index (Phi) is 3.55. The van der Waals surface area contributed by atoms with Crippen LogP contribution in [-0.2, 0) is 0 Å². The van der Waals surface area contributed by atoms with Gasteiger partial charge in [-0.1, -0.05) is 60.7 Å². The lowest BCUT2D eigenvalue weighted by Crippen LogP contribution is -1.96. The molecular formula is C29H19N3. The van der Waals surface area contributed by atoms with Crippen LogP contribution in [0.2, 0.25) is 0 Å². The van der Waals surface area contributed by atoms with Gasteiger partial charge in [0.25, 0.3) is 0 Å². The van der Waals surface area contributed by atoms with Gasteiger partial charge in [-0.05, 0) is 36.4 Å². The van der Waals surface area contributed by atoms with E-state index in [2.05, 4.69) is 117 Å². The van der Waals surface area contributed by atoms with E-state index in [1.54, 1.807) is 0 Å². The summed E-state index contributed by atoms with van der Waals surface area (Å²) in [7, 11) is 0. The van der Waals surface area contributed by atoms with Crippen molar-refractivity contribution in [1.29, 1.82) is 0 Å². The number of nitrogens with zero attached hydrogens (tertiary/aromatic N) is 3. The molecule has 3 aromatic heterocycles. The Labute approximate surface area is 184 Å². The van der Waals surface area contributed by atoms with E-state index in [0.717, 1.165) is 11.1 Å². The van der Waals surface area contributed by atoms with E-state index >= 15 is 0 Å². The van der Waals surface area contributed by atoms with Crippen molar-refractivity contribution in [1.82, 2.24) is 14.1 Å². The fourth-order valence-electron chi connectivity index (χ4n) is 5.04. The number of fused-ring (bicyclic) bond motifs is 6. The second-order valence-electron chi connectivity index (χ2n) is 8.15. The summed E-state index contributed by atoms with van der Waals surface area (Å²) >= 11 is 0. The van der Waals surface area contributed by atoms with Gasteiger partial charge in [-0.15, -0.1) is 0 Å². The van der Waals surface area contributed by atoms with Crippen LogP contribution in [0.5, 0.6) is 0 Å². The van der Waals surface area contributed by atoms with Crippen LogP contribution in [-0.4, -0.2) is 14.1 Å². The van der Waals surface area contributed by atoms with Crippen molar-refractivity contribution in [3.8, 4) is 11.4 Å². The van der Waals surface area contributed by atoms with Crippen LogP contribution in [0.25, 0.3) is 54.9 Å². The van der Waals surface area contributed by atoms with Gasteiger partial charge in [-0.3, -0.25) is 4.98 Å². The maximum atomic E-state index is 4.56. The molecule has 0 saturated carbocycles. The van der Waals surface area contributed by atoms with Crippen LogP contribution < -0.4 is 0 Å². The number of para-hydroxylation sites is 2. The number of pyridine rings is 1. The molecule has 0 bridgehead atoms. The maximum Gasteiger partial charge on any atom is 0.0723 e. The SMILES string of the molecule is c1ccc(-n2ccc3c4c5ccccc5n(-c5cncc6ccccc56)c4ccc32)cc1. The smallest absolute Gasteiger partial charge is 0.0723 e. The van der Waals surface area contributed by atoms with E-state index in [1.807, 2.05) is 12.4 Å². The molecule has 0 aliphatic heterocycles. The van der Waals surface area contributed by atoms with Gasteiger partial charge in [-0.25, -0.2) is 0 Å². The van der Waals surface area contributed by atoms with E-state index in [0.29, 0.717) is 0 Å². The van der Waals surface area contributed by atoms with Crippen molar-refractivity contribution in [3.63, 3.8) is 0 Å². The topological polar surface area (TPSA) is 22.8 Å². The summed E-state index contributed by atoms with van der Waals surface area (Å²) in [4.78, 5) is 4.56. The first-order valence-corrected chi connectivity index (χ1v) is 10.8. The summed E-state index contributed by atoms with van der Waals surface area (Å²) in [6.45, 7) is 0. The van der Waals surface area contributed by atoms with Gasteiger partial charge in [0.15, 0.2) is 0 Å². The molecule has 3 heteroatoms. The van der Waals surface area contributed by atoms with Crippen molar-refractivity contribution >= 4 is 43.5 Å². The zero-order chi connectivity index (χ0) is 21.1. The predicted octanol–water partition coefficient (Wildman–Crippen LogP) is 7.28. The minimum absolute atomic E-state index is 1.11. The molecule has 0 amide bonds. The monoisotopic (exact) mass is 409 g/mol. The largest absolute Gasteiger partial charge is 0.317 e. The highest BCUT2D eigenvalue weighted by atomic mass is 15.0. The second-order valence-corrected chi connectivity index (χ2v) is 8.15. The lowest BCUT2D eigenvalue weighted by Gasteiger charge is -2.11. The molecule has 0 radical (unpaired) electrons. The number of aromatic nitrogens is 3. The number of rotatable bonds is 2. The van der Waals surface area contributed by atoms with Crippen LogP contribution in [0.3, 0.4) is 0 Å². The normalized spacial score (nSPS) is 11.8. The molecule has 0 fully saturated rings. The molecule has 0 spiro atoms. The summed E-state index contributed by atoms with van der Waals surface area (Å²) in [5.41, 5.74) is 5.88. The number of hydrogen-bond acceptors (Lipinski definition) is 1. The van der Waals surface area contributed by atoms with Crippen LogP contribution in [0.1, 0.15) is 0 Å². The lowest BCUT2D eigenvalue weighted by molar-refractivity contribution is 1.13. The molecule has 0 unspecified atom stereocenters. The van der Waals surface area contributed by atoms with Crippen molar-refractivity contribution in [2.75, 3.05) is 0 Å². The lowest BCUT2D eigenvalue weighted by atomic mass is 10.1. The Morgan fingerprint density at radius 2 is 1.25 bits per heavy atom. The average Bonchev–Trinajstić information content (AvgIpc) is 3.43. The molecule has 0 aliphatic rings. The standard InChI is InChI=1S/C29H19N3/c1-2-9-21(10-3-1)31-17-16-24-25(31)14-15-27-29(24)23-12-6-7-13-26(23)32(27)28-19-30-18-20-8-4-5-11-22(20)28/h1-19H. The van der Waals surface area contributed by atoms with Gasteiger partial charge >= 0.3 is 0 Å². The molecule has 7 aromatic rings. The summed E-state index contributed by atoms with van der Waals surface area (Å²) in [6.07, 6.45) is 6.09. The Balaban J connectivity index is 1.63. The van der Waals surface area contributed by atoms with Crippen molar-refractivity contribution in [3.05, 3.63) is 116 Å².